The van der Waals surface area contributed by atoms with E-state index in [2.05, 4.69) is 5.32 Å². The molecule has 0 atom stereocenters. The maximum absolute atomic E-state index is 11.0. The number of halogens is 2. The maximum Gasteiger partial charge on any atom is 0.335 e. The van der Waals surface area contributed by atoms with Crippen LogP contribution in [0.25, 0.3) is 0 Å². The number of nitrogens with one attached hydrogen (secondary N) is 1. The molecule has 2 aromatic rings. The highest BCUT2D eigenvalue weighted by Gasteiger charge is 2.17. The molecule has 0 amide bonds. The highest BCUT2D eigenvalue weighted by molar-refractivity contribution is 6.36. The van der Waals surface area contributed by atoms with Crippen molar-refractivity contribution in [3.05, 3.63) is 62.1 Å². The first-order valence-electron chi connectivity index (χ1n) is 5.62. The third-order valence-corrected chi connectivity index (χ3v) is 3.19. The summed E-state index contributed by atoms with van der Waals surface area (Å²) in [4.78, 5) is 21.3. The van der Waals surface area contributed by atoms with E-state index in [0.29, 0.717) is 10.7 Å². The first kappa shape index (κ1) is 15.1. The molecular formula is C13H8Cl2N2O4. The van der Waals surface area contributed by atoms with Gasteiger partial charge in [0.15, 0.2) is 0 Å². The molecule has 0 bridgehead atoms. The van der Waals surface area contributed by atoms with Crippen LogP contribution in [0.1, 0.15) is 10.4 Å². The summed E-state index contributed by atoms with van der Waals surface area (Å²) in [6.45, 7) is 0. The number of benzene rings is 2. The maximum atomic E-state index is 11.0. The van der Waals surface area contributed by atoms with E-state index < -0.39 is 10.9 Å². The Morgan fingerprint density at radius 1 is 1.14 bits per heavy atom. The van der Waals surface area contributed by atoms with Crippen molar-refractivity contribution in [2.24, 2.45) is 0 Å². The molecule has 0 saturated carbocycles. The van der Waals surface area contributed by atoms with Crippen molar-refractivity contribution in [1.82, 2.24) is 0 Å². The van der Waals surface area contributed by atoms with E-state index in [0.717, 1.165) is 12.1 Å². The molecule has 6 nitrogen and oxygen atoms in total. The molecule has 2 N–H and O–H groups in total. The molecule has 0 aliphatic rings. The van der Waals surface area contributed by atoms with E-state index >= 15 is 0 Å². The summed E-state index contributed by atoms with van der Waals surface area (Å²) >= 11 is 11.8. The van der Waals surface area contributed by atoms with Gasteiger partial charge in [-0.2, -0.15) is 0 Å². The molecular weight excluding hydrogens is 319 g/mol. The molecule has 21 heavy (non-hydrogen) atoms. The fourth-order valence-corrected chi connectivity index (χ4v) is 2.12. The van der Waals surface area contributed by atoms with E-state index in [1.165, 1.54) is 12.1 Å². The molecule has 0 aliphatic carbocycles. The second kappa shape index (κ2) is 5.99. The van der Waals surface area contributed by atoms with Crippen LogP contribution in [0.15, 0.2) is 36.4 Å². The average molecular weight is 327 g/mol. The van der Waals surface area contributed by atoms with Crippen LogP contribution in [0.3, 0.4) is 0 Å². The van der Waals surface area contributed by atoms with Gasteiger partial charge < -0.3 is 10.4 Å². The number of rotatable bonds is 4. The van der Waals surface area contributed by atoms with Crippen molar-refractivity contribution in [1.29, 1.82) is 0 Å². The molecule has 8 heteroatoms. The Kier molecular flexibility index (Phi) is 4.30. The highest BCUT2D eigenvalue weighted by atomic mass is 35.5. The summed E-state index contributed by atoms with van der Waals surface area (Å²) < 4.78 is 0. The van der Waals surface area contributed by atoms with Crippen LogP contribution < -0.4 is 5.32 Å². The molecule has 108 valence electrons. The van der Waals surface area contributed by atoms with Crippen LogP contribution in [0, 0.1) is 10.1 Å². The van der Waals surface area contributed by atoms with Crippen molar-refractivity contribution in [2.45, 2.75) is 0 Å². The van der Waals surface area contributed by atoms with Gasteiger partial charge in [0.1, 0.15) is 5.69 Å². The normalized spacial score (nSPS) is 10.2. The molecule has 2 aromatic carbocycles. The number of nitrogens with zero attached hydrogens (tertiary/aromatic N) is 1. The predicted molar refractivity (Wildman–Crippen MR) is 79.8 cm³/mol. The lowest BCUT2D eigenvalue weighted by Crippen LogP contribution is -2.02. The zero-order valence-corrected chi connectivity index (χ0v) is 11.9. The number of carbonyl (C=O) groups is 1. The van der Waals surface area contributed by atoms with E-state index in [4.69, 9.17) is 28.3 Å². The van der Waals surface area contributed by atoms with Crippen molar-refractivity contribution in [3.63, 3.8) is 0 Å². The van der Waals surface area contributed by atoms with Crippen LogP contribution in [0.2, 0.25) is 10.0 Å². The summed E-state index contributed by atoms with van der Waals surface area (Å²) in [5, 5.41) is 23.4. The van der Waals surface area contributed by atoms with Gasteiger partial charge in [0.2, 0.25) is 0 Å². The lowest BCUT2D eigenvalue weighted by Gasteiger charge is -2.10. The number of aromatic carboxylic acids is 1. The number of hydrogen-bond acceptors (Lipinski definition) is 4. The topological polar surface area (TPSA) is 92.5 Å². The minimum absolute atomic E-state index is 0.0316. The lowest BCUT2D eigenvalue weighted by molar-refractivity contribution is -0.383. The van der Waals surface area contributed by atoms with Crippen molar-refractivity contribution in [3.8, 4) is 0 Å². The van der Waals surface area contributed by atoms with Crippen LogP contribution >= 0.6 is 23.2 Å². The van der Waals surface area contributed by atoms with Crippen LogP contribution in [-0.2, 0) is 0 Å². The van der Waals surface area contributed by atoms with Gasteiger partial charge in [-0.1, -0.05) is 23.2 Å². The molecule has 2 rings (SSSR count). The van der Waals surface area contributed by atoms with Gasteiger partial charge in [-0.3, -0.25) is 10.1 Å². The standard InChI is InChI=1S/C13H8Cl2N2O4/c14-8-2-3-10(9(15)6-8)16-11-5-7(13(18)19)1-4-12(11)17(20)21/h1-6,16H,(H,18,19). The van der Waals surface area contributed by atoms with Gasteiger partial charge in [0, 0.05) is 11.1 Å². The molecule has 0 aromatic heterocycles. The average Bonchev–Trinajstić information content (AvgIpc) is 2.41. The van der Waals surface area contributed by atoms with Gasteiger partial charge >= 0.3 is 5.97 Å². The van der Waals surface area contributed by atoms with Gasteiger partial charge in [0.05, 0.1) is 21.2 Å². The molecule has 0 saturated heterocycles. The van der Waals surface area contributed by atoms with Gasteiger partial charge in [-0.15, -0.1) is 0 Å². The molecule has 0 spiro atoms. The minimum atomic E-state index is -1.19. The SMILES string of the molecule is O=C(O)c1ccc([N+](=O)[O-])c(Nc2ccc(Cl)cc2Cl)c1. The van der Waals surface area contributed by atoms with Crippen LogP contribution in [0.4, 0.5) is 17.1 Å². The van der Waals surface area contributed by atoms with Crippen LogP contribution in [-0.4, -0.2) is 16.0 Å². The van der Waals surface area contributed by atoms with Gasteiger partial charge in [-0.05, 0) is 30.3 Å². The molecule has 0 unspecified atom stereocenters. The fraction of sp³-hybridized carbons (Fsp3) is 0. The Bertz CT molecular complexity index is 734. The predicted octanol–water partition coefficient (Wildman–Crippen LogP) is 4.34. The second-order valence-electron chi connectivity index (χ2n) is 4.04. The minimum Gasteiger partial charge on any atom is -0.478 e. The summed E-state index contributed by atoms with van der Waals surface area (Å²) in [6.07, 6.45) is 0. The summed E-state index contributed by atoms with van der Waals surface area (Å²) in [7, 11) is 0. The first-order chi connectivity index (χ1) is 9.88. The van der Waals surface area contributed by atoms with E-state index in [-0.39, 0.29) is 22.0 Å². The Labute approximate surface area is 129 Å². The zero-order valence-electron chi connectivity index (χ0n) is 10.3. The fourth-order valence-electron chi connectivity index (χ4n) is 1.66. The third kappa shape index (κ3) is 3.42. The number of carboxylic acids is 1. The molecule has 0 aliphatic heterocycles. The van der Waals surface area contributed by atoms with E-state index in [1.54, 1.807) is 12.1 Å². The number of nitro benzene ring substituents is 1. The largest absolute Gasteiger partial charge is 0.478 e. The third-order valence-electron chi connectivity index (χ3n) is 2.64. The Morgan fingerprint density at radius 2 is 1.86 bits per heavy atom. The Hall–Kier alpha value is -2.31. The highest BCUT2D eigenvalue weighted by Crippen LogP contribution is 2.33. The number of nitro groups is 1. The van der Waals surface area contributed by atoms with Gasteiger partial charge in [-0.25, -0.2) is 4.79 Å². The van der Waals surface area contributed by atoms with Crippen molar-refractivity contribution >= 4 is 46.2 Å². The zero-order chi connectivity index (χ0) is 15.6. The Morgan fingerprint density at radius 3 is 2.43 bits per heavy atom. The second-order valence-corrected chi connectivity index (χ2v) is 4.89. The first-order valence-corrected chi connectivity index (χ1v) is 6.38. The van der Waals surface area contributed by atoms with E-state index in [9.17, 15) is 14.9 Å². The molecule has 0 fully saturated rings. The van der Waals surface area contributed by atoms with Gasteiger partial charge in [0.25, 0.3) is 5.69 Å². The molecule has 0 radical (unpaired) electrons. The van der Waals surface area contributed by atoms with Crippen LogP contribution in [0.5, 0.6) is 0 Å². The van der Waals surface area contributed by atoms with Crippen molar-refractivity contribution in [2.75, 3.05) is 5.32 Å². The van der Waals surface area contributed by atoms with Crippen molar-refractivity contribution < 1.29 is 14.8 Å². The lowest BCUT2D eigenvalue weighted by atomic mass is 10.1. The van der Waals surface area contributed by atoms with E-state index in [1.807, 2.05) is 0 Å². The molecule has 0 heterocycles. The summed E-state index contributed by atoms with van der Waals surface area (Å²) in [6, 6.07) is 8.03. The smallest absolute Gasteiger partial charge is 0.335 e. The Balaban J connectivity index is 2.48. The number of hydrogen-bond donors (Lipinski definition) is 2. The quantitative estimate of drug-likeness (QED) is 0.643. The monoisotopic (exact) mass is 326 g/mol. The summed E-state index contributed by atoms with van der Waals surface area (Å²) in [5.74, 6) is -1.19. The number of carboxylic acid groups (broad SMARTS) is 1. The number of anilines is 2. The summed E-state index contributed by atoms with van der Waals surface area (Å²) in [5.41, 5.74) is 0.0787.